The molecule has 2 aromatic carbocycles. The lowest BCUT2D eigenvalue weighted by Gasteiger charge is -2.24. The number of amides is 1. The summed E-state index contributed by atoms with van der Waals surface area (Å²) in [5.41, 5.74) is 3.28. The molecular formula is C20H18FN3O3. The highest BCUT2D eigenvalue weighted by molar-refractivity contribution is 6.00. The van der Waals surface area contributed by atoms with Crippen LogP contribution >= 0.6 is 0 Å². The average molecular weight is 367 g/mol. The Morgan fingerprint density at radius 1 is 1.11 bits per heavy atom. The number of ether oxygens (including phenoxy) is 2. The zero-order chi connectivity index (χ0) is 19.1. The molecule has 1 aliphatic rings. The molecule has 1 amide bonds. The molecule has 1 atom stereocenters. The predicted molar refractivity (Wildman–Crippen MR) is 97.5 cm³/mol. The largest absolute Gasteiger partial charge is 0.497 e. The first-order valence-corrected chi connectivity index (χ1v) is 8.38. The van der Waals surface area contributed by atoms with E-state index in [9.17, 15) is 9.18 Å². The number of aromatic nitrogens is 2. The smallest absolute Gasteiger partial charge is 0.272 e. The number of aromatic amines is 1. The first-order chi connectivity index (χ1) is 13.0. The zero-order valence-corrected chi connectivity index (χ0v) is 15.1. The number of hydrogen-bond donors (Lipinski definition) is 1. The summed E-state index contributed by atoms with van der Waals surface area (Å²) in [7, 11) is 4.90. The van der Waals surface area contributed by atoms with Crippen LogP contribution in [-0.2, 0) is 0 Å². The van der Waals surface area contributed by atoms with Crippen LogP contribution in [0.5, 0.6) is 11.5 Å². The molecule has 3 aromatic rings. The van der Waals surface area contributed by atoms with E-state index in [4.69, 9.17) is 9.47 Å². The average Bonchev–Trinajstić information content (AvgIpc) is 3.21. The van der Waals surface area contributed by atoms with Crippen LogP contribution in [0.1, 0.15) is 27.7 Å². The Labute approximate surface area is 155 Å². The molecule has 1 aromatic heterocycles. The van der Waals surface area contributed by atoms with E-state index in [2.05, 4.69) is 10.2 Å². The van der Waals surface area contributed by atoms with Gasteiger partial charge < -0.3 is 14.4 Å². The Kier molecular flexibility index (Phi) is 4.07. The lowest BCUT2D eigenvalue weighted by atomic mass is 9.95. The van der Waals surface area contributed by atoms with Crippen molar-refractivity contribution in [3.8, 4) is 22.8 Å². The summed E-state index contributed by atoms with van der Waals surface area (Å²) in [6, 6.07) is 11.1. The molecule has 0 fully saturated rings. The van der Waals surface area contributed by atoms with Gasteiger partial charge >= 0.3 is 0 Å². The Bertz CT molecular complexity index is 1010. The van der Waals surface area contributed by atoms with Crippen molar-refractivity contribution in [2.24, 2.45) is 0 Å². The van der Waals surface area contributed by atoms with Crippen LogP contribution in [0, 0.1) is 5.82 Å². The molecule has 7 heteroatoms. The summed E-state index contributed by atoms with van der Waals surface area (Å²) in [5, 5.41) is 7.17. The third-order valence-corrected chi connectivity index (χ3v) is 4.85. The third-order valence-electron chi connectivity index (χ3n) is 4.85. The number of carbonyl (C=O) groups is 1. The number of nitrogens with one attached hydrogen (secondary N) is 1. The minimum absolute atomic E-state index is 0.166. The van der Waals surface area contributed by atoms with Crippen molar-refractivity contribution < 1.29 is 18.7 Å². The molecule has 0 spiro atoms. The maximum atomic E-state index is 13.3. The molecule has 0 radical (unpaired) electrons. The van der Waals surface area contributed by atoms with Gasteiger partial charge in [-0.15, -0.1) is 0 Å². The number of methoxy groups -OCH3 is 2. The number of carbonyl (C=O) groups excluding carboxylic acids is 1. The molecule has 1 aliphatic heterocycles. The van der Waals surface area contributed by atoms with Crippen LogP contribution < -0.4 is 9.47 Å². The molecule has 0 saturated carbocycles. The van der Waals surface area contributed by atoms with Gasteiger partial charge in [-0.2, -0.15) is 5.10 Å². The summed E-state index contributed by atoms with van der Waals surface area (Å²) in [6.45, 7) is 0. The number of H-pyrrole nitrogens is 1. The summed E-state index contributed by atoms with van der Waals surface area (Å²) in [4.78, 5) is 14.4. The second-order valence-electron chi connectivity index (χ2n) is 6.29. The highest BCUT2D eigenvalue weighted by Gasteiger charge is 2.41. The lowest BCUT2D eigenvalue weighted by Crippen LogP contribution is -2.25. The van der Waals surface area contributed by atoms with Crippen LogP contribution in [0.4, 0.5) is 4.39 Å². The molecule has 0 unspecified atom stereocenters. The maximum absolute atomic E-state index is 13.3. The van der Waals surface area contributed by atoms with Crippen LogP contribution in [0.2, 0.25) is 0 Å². The van der Waals surface area contributed by atoms with Crippen molar-refractivity contribution in [2.75, 3.05) is 21.3 Å². The first kappa shape index (κ1) is 17.1. The minimum atomic E-state index is -0.406. The van der Waals surface area contributed by atoms with Gasteiger partial charge in [-0.05, 0) is 42.5 Å². The van der Waals surface area contributed by atoms with E-state index < -0.39 is 6.04 Å². The molecule has 0 bridgehead atoms. The highest BCUT2D eigenvalue weighted by atomic mass is 19.1. The molecule has 27 heavy (non-hydrogen) atoms. The lowest BCUT2D eigenvalue weighted by molar-refractivity contribution is 0.0786. The molecule has 2 heterocycles. The van der Waals surface area contributed by atoms with Gasteiger partial charge in [0.1, 0.15) is 23.0 Å². The summed E-state index contributed by atoms with van der Waals surface area (Å²) >= 11 is 0. The number of hydrogen-bond acceptors (Lipinski definition) is 4. The fourth-order valence-electron chi connectivity index (χ4n) is 3.51. The topological polar surface area (TPSA) is 67.5 Å². The van der Waals surface area contributed by atoms with Crippen molar-refractivity contribution >= 4 is 5.91 Å². The Morgan fingerprint density at radius 2 is 1.85 bits per heavy atom. The molecule has 0 saturated heterocycles. The normalized spacial score (nSPS) is 15.8. The number of halogens is 1. The van der Waals surface area contributed by atoms with E-state index in [1.54, 1.807) is 44.4 Å². The van der Waals surface area contributed by atoms with Crippen molar-refractivity contribution in [1.29, 1.82) is 0 Å². The van der Waals surface area contributed by atoms with Crippen molar-refractivity contribution in [2.45, 2.75) is 6.04 Å². The van der Waals surface area contributed by atoms with E-state index in [1.807, 2.05) is 12.1 Å². The van der Waals surface area contributed by atoms with Gasteiger partial charge in [0.2, 0.25) is 0 Å². The number of benzene rings is 2. The van der Waals surface area contributed by atoms with Crippen molar-refractivity contribution in [3.63, 3.8) is 0 Å². The van der Waals surface area contributed by atoms with Gasteiger partial charge in [0.05, 0.1) is 26.0 Å². The van der Waals surface area contributed by atoms with Gasteiger partial charge in [-0.25, -0.2) is 4.39 Å². The van der Waals surface area contributed by atoms with Crippen LogP contribution in [0.25, 0.3) is 11.3 Å². The Hall–Kier alpha value is -3.35. The first-order valence-electron chi connectivity index (χ1n) is 8.38. The third kappa shape index (κ3) is 2.63. The summed E-state index contributed by atoms with van der Waals surface area (Å²) in [5.74, 6) is 0.803. The quantitative estimate of drug-likeness (QED) is 0.767. The number of nitrogens with zero attached hydrogens (tertiary/aromatic N) is 2. The molecule has 1 N–H and O–H groups in total. The van der Waals surface area contributed by atoms with Gasteiger partial charge in [0, 0.05) is 23.7 Å². The monoisotopic (exact) mass is 367 g/mol. The number of fused-ring (bicyclic) bond motifs is 1. The van der Waals surface area contributed by atoms with E-state index >= 15 is 0 Å². The zero-order valence-electron chi connectivity index (χ0n) is 15.1. The molecule has 138 valence electrons. The second-order valence-corrected chi connectivity index (χ2v) is 6.29. The molecular weight excluding hydrogens is 349 g/mol. The highest BCUT2D eigenvalue weighted by Crippen LogP contribution is 2.45. The molecule has 4 rings (SSSR count). The van der Waals surface area contributed by atoms with Crippen molar-refractivity contribution in [3.05, 3.63) is 65.1 Å². The second kappa shape index (κ2) is 6.42. The van der Waals surface area contributed by atoms with E-state index in [0.29, 0.717) is 22.9 Å². The Morgan fingerprint density at radius 3 is 2.52 bits per heavy atom. The summed E-state index contributed by atoms with van der Waals surface area (Å²) < 4.78 is 24.2. The fourth-order valence-corrected chi connectivity index (χ4v) is 3.51. The van der Waals surface area contributed by atoms with Crippen molar-refractivity contribution in [1.82, 2.24) is 15.1 Å². The van der Waals surface area contributed by atoms with Crippen LogP contribution in [0.3, 0.4) is 0 Å². The maximum Gasteiger partial charge on any atom is 0.272 e. The predicted octanol–water partition coefficient (Wildman–Crippen LogP) is 3.41. The van der Waals surface area contributed by atoms with Gasteiger partial charge in [0.15, 0.2) is 0 Å². The minimum Gasteiger partial charge on any atom is -0.497 e. The van der Waals surface area contributed by atoms with E-state index in [1.165, 1.54) is 12.1 Å². The van der Waals surface area contributed by atoms with E-state index in [-0.39, 0.29) is 11.7 Å². The standard InChI is InChI=1S/C20H18FN3O3/c1-24-19(14-10-13(26-2)8-9-15(14)27-3)16-17(22-23-18(16)20(24)25)11-4-6-12(21)7-5-11/h4-10,19H,1-3H3,(H,22,23)/t19-/m1/s1. The molecule has 6 nitrogen and oxygen atoms in total. The van der Waals surface area contributed by atoms with Crippen LogP contribution in [0.15, 0.2) is 42.5 Å². The Balaban J connectivity index is 1.92. The van der Waals surface area contributed by atoms with Gasteiger partial charge in [0.25, 0.3) is 5.91 Å². The summed E-state index contributed by atoms with van der Waals surface area (Å²) in [6.07, 6.45) is 0. The fraction of sp³-hybridized carbons (Fsp3) is 0.200. The number of rotatable bonds is 4. The van der Waals surface area contributed by atoms with Gasteiger partial charge in [-0.1, -0.05) is 0 Å². The van der Waals surface area contributed by atoms with Crippen LogP contribution in [-0.4, -0.2) is 42.3 Å². The molecule has 0 aliphatic carbocycles. The van der Waals surface area contributed by atoms with Gasteiger partial charge in [-0.3, -0.25) is 9.89 Å². The SMILES string of the molecule is COc1ccc(OC)c([C@@H]2c3c(-c4ccc(F)cc4)n[nH]c3C(=O)N2C)c1. The van der Waals surface area contributed by atoms with E-state index in [0.717, 1.165) is 16.7 Å².